The number of ether oxygens (including phenoxy) is 1. The van der Waals surface area contributed by atoms with Crippen LogP contribution in [0.1, 0.15) is 22.0 Å². The first-order chi connectivity index (χ1) is 13.6. The number of hydrogen-bond acceptors (Lipinski definition) is 6. The van der Waals surface area contributed by atoms with Gasteiger partial charge in [-0.05, 0) is 32.0 Å². The Kier molecular flexibility index (Phi) is 5.21. The normalized spacial score (nSPS) is 15.1. The SMILES string of the molecule is Cc1cc(C)n2nc(C(=O)N3CCN(CCOc4ccccc4)CC3)nc2n1. The van der Waals surface area contributed by atoms with Crippen LogP contribution < -0.4 is 4.74 Å². The molecule has 4 rings (SSSR count). The number of aromatic nitrogens is 4. The molecule has 0 spiro atoms. The van der Waals surface area contributed by atoms with Gasteiger partial charge in [0.1, 0.15) is 12.4 Å². The van der Waals surface area contributed by atoms with Crippen molar-refractivity contribution < 1.29 is 9.53 Å². The second-order valence-corrected chi connectivity index (χ2v) is 6.98. The van der Waals surface area contributed by atoms with Gasteiger partial charge in [0.25, 0.3) is 11.7 Å². The summed E-state index contributed by atoms with van der Waals surface area (Å²) in [7, 11) is 0. The molecule has 0 atom stereocenters. The molecule has 8 heteroatoms. The molecule has 1 fully saturated rings. The lowest BCUT2D eigenvalue weighted by Crippen LogP contribution is -2.49. The fourth-order valence-corrected chi connectivity index (χ4v) is 3.38. The third-order valence-corrected chi connectivity index (χ3v) is 4.89. The molecular weight excluding hydrogens is 356 g/mol. The number of rotatable bonds is 5. The van der Waals surface area contributed by atoms with Gasteiger partial charge in [-0.1, -0.05) is 18.2 Å². The number of benzene rings is 1. The highest BCUT2D eigenvalue weighted by Gasteiger charge is 2.25. The van der Waals surface area contributed by atoms with E-state index in [4.69, 9.17) is 4.74 Å². The van der Waals surface area contributed by atoms with Gasteiger partial charge in [-0.25, -0.2) is 9.50 Å². The van der Waals surface area contributed by atoms with E-state index in [1.807, 2.05) is 55.1 Å². The summed E-state index contributed by atoms with van der Waals surface area (Å²) in [5.41, 5.74) is 1.78. The summed E-state index contributed by atoms with van der Waals surface area (Å²) < 4.78 is 7.38. The Morgan fingerprint density at radius 1 is 1.07 bits per heavy atom. The van der Waals surface area contributed by atoms with E-state index in [1.54, 1.807) is 4.52 Å². The first-order valence-electron chi connectivity index (χ1n) is 9.50. The van der Waals surface area contributed by atoms with Gasteiger partial charge in [-0.15, -0.1) is 5.10 Å². The second-order valence-electron chi connectivity index (χ2n) is 6.98. The Balaban J connectivity index is 1.31. The van der Waals surface area contributed by atoms with Crippen molar-refractivity contribution in [3.63, 3.8) is 0 Å². The largest absolute Gasteiger partial charge is 0.492 e. The minimum Gasteiger partial charge on any atom is -0.492 e. The van der Waals surface area contributed by atoms with E-state index in [9.17, 15) is 4.79 Å². The fourth-order valence-electron chi connectivity index (χ4n) is 3.38. The maximum Gasteiger partial charge on any atom is 0.293 e. The van der Waals surface area contributed by atoms with Gasteiger partial charge in [0, 0.05) is 44.1 Å². The molecule has 1 amide bonds. The van der Waals surface area contributed by atoms with Gasteiger partial charge in [0.15, 0.2) is 0 Å². The third-order valence-electron chi connectivity index (χ3n) is 4.89. The number of nitrogens with zero attached hydrogens (tertiary/aromatic N) is 6. The average Bonchev–Trinajstić information content (AvgIpc) is 3.13. The molecule has 3 heterocycles. The van der Waals surface area contributed by atoms with Gasteiger partial charge in [-0.3, -0.25) is 9.69 Å². The fraction of sp³-hybridized carbons (Fsp3) is 0.400. The molecule has 1 saturated heterocycles. The van der Waals surface area contributed by atoms with E-state index in [0.717, 1.165) is 36.8 Å². The van der Waals surface area contributed by atoms with Crippen LogP contribution in [0.2, 0.25) is 0 Å². The summed E-state index contributed by atoms with van der Waals surface area (Å²) in [5, 5.41) is 4.35. The van der Waals surface area contributed by atoms with Crippen molar-refractivity contribution in [2.75, 3.05) is 39.3 Å². The zero-order valence-electron chi connectivity index (χ0n) is 16.2. The van der Waals surface area contributed by atoms with Crippen LogP contribution in [-0.2, 0) is 0 Å². The quantitative estimate of drug-likeness (QED) is 0.669. The van der Waals surface area contributed by atoms with Gasteiger partial charge in [0.05, 0.1) is 0 Å². The van der Waals surface area contributed by atoms with E-state index in [0.29, 0.717) is 25.5 Å². The summed E-state index contributed by atoms with van der Waals surface area (Å²) >= 11 is 0. The number of carbonyl (C=O) groups is 1. The summed E-state index contributed by atoms with van der Waals surface area (Å²) in [6, 6.07) is 11.7. The predicted octanol–water partition coefficient (Wildman–Crippen LogP) is 1.58. The zero-order valence-corrected chi connectivity index (χ0v) is 16.2. The Labute approximate surface area is 163 Å². The lowest BCUT2D eigenvalue weighted by molar-refractivity contribution is 0.0609. The van der Waals surface area contributed by atoms with Crippen molar-refractivity contribution in [2.24, 2.45) is 0 Å². The predicted molar refractivity (Wildman–Crippen MR) is 105 cm³/mol. The minimum absolute atomic E-state index is 0.136. The van der Waals surface area contributed by atoms with Crippen molar-refractivity contribution >= 4 is 11.7 Å². The molecule has 28 heavy (non-hydrogen) atoms. The monoisotopic (exact) mass is 380 g/mol. The highest BCUT2D eigenvalue weighted by Crippen LogP contribution is 2.11. The number of hydrogen-bond donors (Lipinski definition) is 0. The van der Waals surface area contributed by atoms with E-state index in [1.165, 1.54) is 0 Å². The molecular formula is C20H24N6O2. The Morgan fingerprint density at radius 3 is 2.57 bits per heavy atom. The maximum atomic E-state index is 12.8. The standard InChI is InChI=1S/C20H24N6O2/c1-15-14-16(2)26-20(21-15)22-18(23-26)19(27)25-10-8-24(9-11-25)12-13-28-17-6-4-3-5-7-17/h3-7,14H,8-13H2,1-2H3. The molecule has 0 bridgehead atoms. The van der Waals surface area contributed by atoms with Crippen LogP contribution in [0.5, 0.6) is 5.75 Å². The third kappa shape index (κ3) is 3.96. The van der Waals surface area contributed by atoms with Crippen molar-refractivity contribution in [2.45, 2.75) is 13.8 Å². The molecule has 0 unspecified atom stereocenters. The molecule has 1 aliphatic heterocycles. The lowest BCUT2D eigenvalue weighted by Gasteiger charge is -2.34. The van der Waals surface area contributed by atoms with Crippen molar-refractivity contribution in [3.05, 3.63) is 53.6 Å². The van der Waals surface area contributed by atoms with E-state index in [-0.39, 0.29) is 11.7 Å². The first kappa shape index (κ1) is 18.4. The molecule has 0 aliphatic carbocycles. The molecule has 1 aliphatic rings. The van der Waals surface area contributed by atoms with Crippen LogP contribution in [0.3, 0.4) is 0 Å². The molecule has 3 aromatic rings. The highest BCUT2D eigenvalue weighted by molar-refractivity contribution is 5.91. The number of piperazine rings is 1. The first-order valence-corrected chi connectivity index (χ1v) is 9.50. The number of carbonyl (C=O) groups excluding carboxylic acids is 1. The Morgan fingerprint density at radius 2 is 1.82 bits per heavy atom. The van der Waals surface area contributed by atoms with Crippen LogP contribution in [-0.4, -0.2) is 74.6 Å². The van der Waals surface area contributed by atoms with Crippen LogP contribution >= 0.6 is 0 Å². The highest BCUT2D eigenvalue weighted by atomic mass is 16.5. The summed E-state index contributed by atoms with van der Waals surface area (Å²) in [5.74, 6) is 1.43. The van der Waals surface area contributed by atoms with Crippen molar-refractivity contribution in [1.29, 1.82) is 0 Å². The van der Waals surface area contributed by atoms with Crippen molar-refractivity contribution in [3.8, 4) is 5.75 Å². The minimum atomic E-state index is -0.136. The maximum absolute atomic E-state index is 12.8. The van der Waals surface area contributed by atoms with Crippen LogP contribution in [0.15, 0.2) is 36.4 Å². The van der Waals surface area contributed by atoms with Gasteiger partial charge in [-0.2, -0.15) is 4.98 Å². The molecule has 1 aromatic carbocycles. The molecule has 0 radical (unpaired) electrons. The molecule has 0 N–H and O–H groups in total. The number of para-hydroxylation sites is 1. The number of fused-ring (bicyclic) bond motifs is 1. The Bertz CT molecular complexity index is 963. The average molecular weight is 380 g/mol. The van der Waals surface area contributed by atoms with Gasteiger partial charge < -0.3 is 9.64 Å². The van der Waals surface area contributed by atoms with Crippen LogP contribution in [0.25, 0.3) is 5.78 Å². The molecule has 0 saturated carbocycles. The second kappa shape index (κ2) is 7.93. The summed E-state index contributed by atoms with van der Waals surface area (Å²) in [6.07, 6.45) is 0. The smallest absolute Gasteiger partial charge is 0.293 e. The lowest BCUT2D eigenvalue weighted by atomic mass is 10.3. The molecule has 146 valence electrons. The van der Waals surface area contributed by atoms with E-state index in [2.05, 4.69) is 20.0 Å². The number of aryl methyl sites for hydroxylation is 2. The van der Waals surface area contributed by atoms with Gasteiger partial charge in [0.2, 0.25) is 5.82 Å². The number of amides is 1. The van der Waals surface area contributed by atoms with Crippen molar-refractivity contribution in [1.82, 2.24) is 29.4 Å². The van der Waals surface area contributed by atoms with Crippen LogP contribution in [0.4, 0.5) is 0 Å². The summed E-state index contributed by atoms with van der Waals surface area (Å²) in [4.78, 5) is 25.6. The summed E-state index contributed by atoms with van der Waals surface area (Å²) in [6.45, 7) is 8.25. The van der Waals surface area contributed by atoms with Crippen LogP contribution in [0, 0.1) is 13.8 Å². The van der Waals surface area contributed by atoms with E-state index < -0.39 is 0 Å². The molecule has 2 aromatic heterocycles. The molecule has 8 nitrogen and oxygen atoms in total. The topological polar surface area (TPSA) is 75.9 Å². The zero-order chi connectivity index (χ0) is 19.5. The van der Waals surface area contributed by atoms with Gasteiger partial charge >= 0.3 is 0 Å². The van der Waals surface area contributed by atoms with E-state index >= 15 is 0 Å². The Hall–Kier alpha value is -3.00.